The molecule has 0 bridgehead atoms. The van der Waals surface area contributed by atoms with Crippen molar-refractivity contribution >= 4 is 17.6 Å². The first-order valence-electron chi connectivity index (χ1n) is 6.35. The van der Waals surface area contributed by atoms with Crippen molar-refractivity contribution in [2.45, 2.75) is 12.6 Å². The fourth-order valence-electron chi connectivity index (χ4n) is 1.64. The Morgan fingerprint density at radius 3 is 2.67 bits per heavy atom. The second-order valence-electron chi connectivity index (χ2n) is 4.33. The van der Waals surface area contributed by atoms with Gasteiger partial charge in [0.1, 0.15) is 0 Å². The van der Waals surface area contributed by atoms with Gasteiger partial charge < -0.3 is 15.7 Å². The van der Waals surface area contributed by atoms with E-state index in [2.05, 4.69) is 20.6 Å². The highest BCUT2D eigenvalue weighted by molar-refractivity contribution is 6.30. The predicted octanol–water partition coefficient (Wildman–Crippen LogP) is 1.66. The summed E-state index contributed by atoms with van der Waals surface area (Å²) in [7, 11) is 0. The third-order valence-electron chi connectivity index (χ3n) is 2.77. The number of rotatable bonds is 5. The number of carbonyl (C=O) groups is 1. The van der Waals surface area contributed by atoms with Crippen molar-refractivity contribution in [3.63, 3.8) is 0 Å². The molecule has 21 heavy (non-hydrogen) atoms. The molecule has 110 valence electrons. The molecule has 2 amide bonds. The standard InChI is InChI=1S/C14H15ClN4O2/c15-11-1-2-12(17-7-11)8-18-14(21)19-9-13(20)10-3-5-16-6-4-10/h1-7,13,20H,8-9H2,(H2,18,19,21). The van der Waals surface area contributed by atoms with Gasteiger partial charge in [0.25, 0.3) is 0 Å². The van der Waals surface area contributed by atoms with Crippen LogP contribution in [0.3, 0.4) is 0 Å². The highest BCUT2D eigenvalue weighted by atomic mass is 35.5. The first kappa shape index (κ1) is 15.2. The van der Waals surface area contributed by atoms with E-state index in [1.54, 1.807) is 36.7 Å². The van der Waals surface area contributed by atoms with Gasteiger partial charge in [0.05, 0.1) is 23.4 Å². The summed E-state index contributed by atoms with van der Waals surface area (Å²) in [6.07, 6.45) is 3.92. The number of aliphatic hydroxyl groups excluding tert-OH is 1. The average Bonchev–Trinajstić information content (AvgIpc) is 2.53. The molecule has 0 aliphatic heterocycles. The Kier molecular flexibility index (Phi) is 5.48. The number of carbonyl (C=O) groups excluding carboxylic acids is 1. The lowest BCUT2D eigenvalue weighted by atomic mass is 10.1. The SMILES string of the molecule is O=C(NCc1ccc(Cl)cn1)NCC(O)c1ccncc1. The van der Waals surface area contributed by atoms with Gasteiger partial charge in [-0.15, -0.1) is 0 Å². The van der Waals surface area contributed by atoms with Crippen molar-refractivity contribution < 1.29 is 9.90 Å². The molecule has 3 N–H and O–H groups in total. The van der Waals surface area contributed by atoms with Crippen molar-refractivity contribution in [3.8, 4) is 0 Å². The minimum absolute atomic E-state index is 0.115. The third kappa shape index (κ3) is 5.02. The molecule has 0 aromatic carbocycles. The van der Waals surface area contributed by atoms with Gasteiger partial charge in [0.2, 0.25) is 0 Å². The Morgan fingerprint density at radius 1 is 1.24 bits per heavy atom. The maximum absolute atomic E-state index is 11.6. The lowest BCUT2D eigenvalue weighted by molar-refractivity contribution is 0.173. The number of aromatic nitrogens is 2. The van der Waals surface area contributed by atoms with Crippen LogP contribution < -0.4 is 10.6 Å². The van der Waals surface area contributed by atoms with Crippen LogP contribution in [0.4, 0.5) is 4.79 Å². The molecule has 0 aliphatic rings. The quantitative estimate of drug-likeness (QED) is 0.784. The summed E-state index contributed by atoms with van der Waals surface area (Å²) >= 11 is 5.72. The van der Waals surface area contributed by atoms with Crippen LogP contribution in [-0.4, -0.2) is 27.7 Å². The predicted molar refractivity (Wildman–Crippen MR) is 78.7 cm³/mol. The van der Waals surface area contributed by atoms with Gasteiger partial charge >= 0.3 is 6.03 Å². The van der Waals surface area contributed by atoms with E-state index in [1.165, 1.54) is 6.20 Å². The molecule has 1 unspecified atom stereocenters. The summed E-state index contributed by atoms with van der Waals surface area (Å²) in [5, 5.41) is 15.7. The number of amides is 2. The average molecular weight is 307 g/mol. The summed E-state index contributed by atoms with van der Waals surface area (Å²) in [6, 6.07) is 6.45. The largest absolute Gasteiger partial charge is 0.387 e. The molecule has 2 rings (SSSR count). The smallest absolute Gasteiger partial charge is 0.315 e. The van der Waals surface area contributed by atoms with Crippen LogP contribution in [0.2, 0.25) is 5.02 Å². The van der Waals surface area contributed by atoms with Crippen molar-refractivity contribution in [1.82, 2.24) is 20.6 Å². The maximum Gasteiger partial charge on any atom is 0.315 e. The molecule has 0 fully saturated rings. The molecular weight excluding hydrogens is 292 g/mol. The Labute approximate surface area is 127 Å². The molecule has 1 atom stereocenters. The summed E-state index contributed by atoms with van der Waals surface area (Å²) < 4.78 is 0. The maximum atomic E-state index is 11.6. The fraction of sp³-hybridized carbons (Fsp3) is 0.214. The van der Waals surface area contributed by atoms with Crippen LogP contribution in [-0.2, 0) is 6.54 Å². The lowest BCUT2D eigenvalue weighted by Crippen LogP contribution is -2.37. The van der Waals surface area contributed by atoms with Gasteiger partial charge in [-0.05, 0) is 29.8 Å². The number of hydrogen-bond acceptors (Lipinski definition) is 4. The minimum Gasteiger partial charge on any atom is -0.387 e. The van der Waals surface area contributed by atoms with Gasteiger partial charge in [-0.3, -0.25) is 9.97 Å². The second-order valence-corrected chi connectivity index (χ2v) is 4.76. The van der Waals surface area contributed by atoms with Crippen molar-refractivity contribution in [2.75, 3.05) is 6.54 Å². The minimum atomic E-state index is -0.771. The molecule has 0 saturated heterocycles. The van der Waals surface area contributed by atoms with Crippen LogP contribution in [0, 0.1) is 0 Å². The topological polar surface area (TPSA) is 87.1 Å². The molecule has 0 aliphatic carbocycles. The molecule has 0 radical (unpaired) electrons. The zero-order chi connectivity index (χ0) is 15.1. The number of pyridine rings is 2. The van der Waals surface area contributed by atoms with E-state index in [4.69, 9.17) is 11.6 Å². The molecule has 0 saturated carbocycles. The summed E-state index contributed by atoms with van der Waals surface area (Å²) in [4.78, 5) is 19.5. The zero-order valence-electron chi connectivity index (χ0n) is 11.2. The Hall–Kier alpha value is -2.18. The number of halogens is 1. The number of nitrogens with one attached hydrogen (secondary N) is 2. The molecule has 0 spiro atoms. The van der Waals surface area contributed by atoms with Crippen molar-refractivity contribution in [1.29, 1.82) is 0 Å². The summed E-state index contributed by atoms with van der Waals surface area (Å²) in [5.74, 6) is 0. The Bertz CT molecular complexity index is 577. The van der Waals surface area contributed by atoms with Crippen LogP contribution in [0.25, 0.3) is 0 Å². The third-order valence-corrected chi connectivity index (χ3v) is 2.99. The lowest BCUT2D eigenvalue weighted by Gasteiger charge is -2.12. The fourth-order valence-corrected chi connectivity index (χ4v) is 1.75. The van der Waals surface area contributed by atoms with Crippen molar-refractivity contribution in [3.05, 3.63) is 59.1 Å². The van der Waals surface area contributed by atoms with E-state index in [0.29, 0.717) is 16.3 Å². The van der Waals surface area contributed by atoms with E-state index in [-0.39, 0.29) is 19.1 Å². The molecule has 2 aromatic rings. The van der Waals surface area contributed by atoms with E-state index in [1.807, 2.05) is 0 Å². The Balaban J connectivity index is 1.73. The van der Waals surface area contributed by atoms with E-state index in [0.717, 1.165) is 0 Å². The first-order chi connectivity index (χ1) is 10.1. The number of nitrogens with zero attached hydrogens (tertiary/aromatic N) is 2. The van der Waals surface area contributed by atoms with Crippen LogP contribution in [0.1, 0.15) is 17.4 Å². The summed E-state index contributed by atoms with van der Waals surface area (Å²) in [5.41, 5.74) is 1.40. The molecule has 6 nitrogen and oxygen atoms in total. The van der Waals surface area contributed by atoms with Gasteiger partial charge in [-0.25, -0.2) is 4.79 Å². The second kappa shape index (κ2) is 7.56. The van der Waals surface area contributed by atoms with Crippen LogP contribution >= 0.6 is 11.6 Å². The van der Waals surface area contributed by atoms with Gasteiger partial charge in [-0.2, -0.15) is 0 Å². The highest BCUT2D eigenvalue weighted by Crippen LogP contribution is 2.09. The van der Waals surface area contributed by atoms with Gasteiger partial charge in [0, 0.05) is 25.1 Å². The van der Waals surface area contributed by atoms with Gasteiger partial charge in [0.15, 0.2) is 0 Å². The normalized spacial score (nSPS) is 11.7. The number of aliphatic hydroxyl groups is 1. The highest BCUT2D eigenvalue weighted by Gasteiger charge is 2.09. The zero-order valence-corrected chi connectivity index (χ0v) is 11.9. The van der Waals surface area contributed by atoms with Crippen molar-refractivity contribution in [2.24, 2.45) is 0 Å². The summed E-state index contributed by atoms with van der Waals surface area (Å²) in [6.45, 7) is 0.401. The molecule has 2 aromatic heterocycles. The molecule has 2 heterocycles. The van der Waals surface area contributed by atoms with Crippen LogP contribution in [0.15, 0.2) is 42.9 Å². The first-order valence-corrected chi connectivity index (χ1v) is 6.73. The molecular formula is C14H15ClN4O2. The monoisotopic (exact) mass is 306 g/mol. The van der Waals surface area contributed by atoms with Crippen LogP contribution in [0.5, 0.6) is 0 Å². The number of urea groups is 1. The van der Waals surface area contributed by atoms with E-state index < -0.39 is 6.10 Å². The molecule has 7 heteroatoms. The number of hydrogen-bond donors (Lipinski definition) is 3. The van der Waals surface area contributed by atoms with Gasteiger partial charge in [-0.1, -0.05) is 11.6 Å². The van der Waals surface area contributed by atoms with E-state index in [9.17, 15) is 9.90 Å². The van der Waals surface area contributed by atoms with E-state index >= 15 is 0 Å². The Morgan fingerprint density at radius 2 is 2.00 bits per heavy atom.